The van der Waals surface area contributed by atoms with Crippen LogP contribution in [0.1, 0.15) is 80.8 Å². The van der Waals surface area contributed by atoms with Crippen LogP contribution in [0, 0.1) is 11.8 Å². The Morgan fingerprint density at radius 3 is 1.27 bits per heavy atom. The highest BCUT2D eigenvalue weighted by molar-refractivity contribution is 5.71. The van der Waals surface area contributed by atoms with Crippen molar-refractivity contribution in [1.29, 1.82) is 0 Å². The van der Waals surface area contributed by atoms with Gasteiger partial charge in [0.2, 0.25) is 0 Å². The molecule has 0 aliphatic heterocycles. The largest absolute Gasteiger partial charge is 0.482 e. The van der Waals surface area contributed by atoms with E-state index in [0.717, 1.165) is 11.8 Å². The highest BCUT2D eigenvalue weighted by Crippen LogP contribution is 2.43. The minimum Gasteiger partial charge on any atom is -0.482 e. The Morgan fingerprint density at radius 2 is 0.946 bits per heavy atom. The van der Waals surface area contributed by atoms with Crippen LogP contribution in [0.15, 0.2) is 48.5 Å². The molecule has 4 rings (SSSR count). The summed E-state index contributed by atoms with van der Waals surface area (Å²) in [6.07, 6.45) is 11.7. The normalized spacial score (nSPS) is 23.6. The molecule has 6 heteroatoms. The summed E-state index contributed by atoms with van der Waals surface area (Å²) < 4.78 is 20.2. The zero-order valence-electron chi connectivity index (χ0n) is 22.2. The van der Waals surface area contributed by atoms with Gasteiger partial charge in [-0.05, 0) is 117 Å². The molecule has 0 N–H and O–H groups in total. The van der Waals surface area contributed by atoms with Crippen LogP contribution in [-0.2, 0) is 19.1 Å². The molecule has 2 aliphatic rings. The highest BCUT2D eigenvalue weighted by atomic mass is 16.6. The van der Waals surface area contributed by atoms with E-state index in [1.54, 1.807) is 0 Å². The maximum absolute atomic E-state index is 11.2. The van der Waals surface area contributed by atoms with Gasteiger partial charge in [0.05, 0.1) is 14.2 Å². The van der Waals surface area contributed by atoms with E-state index in [-0.39, 0.29) is 25.2 Å². The average Bonchev–Trinajstić information content (AvgIpc) is 2.96. The molecule has 37 heavy (non-hydrogen) atoms. The van der Waals surface area contributed by atoms with Crippen LogP contribution < -0.4 is 9.47 Å². The first-order valence-corrected chi connectivity index (χ1v) is 13.6. The van der Waals surface area contributed by atoms with E-state index in [1.165, 1.54) is 83.1 Å². The molecule has 0 amide bonds. The maximum atomic E-state index is 11.2. The molecule has 2 aromatic rings. The van der Waals surface area contributed by atoms with Gasteiger partial charge in [-0.3, -0.25) is 0 Å². The topological polar surface area (TPSA) is 71.1 Å². The SMILES string of the molecule is COC(=O)COc1ccc(C2CCC(CC3CCC(c4ccc(OCC(=O)OC)cc4)CC3)CC2)cc1. The summed E-state index contributed by atoms with van der Waals surface area (Å²) in [4.78, 5) is 22.5. The number of hydrogen-bond donors (Lipinski definition) is 0. The van der Waals surface area contributed by atoms with Crippen molar-refractivity contribution >= 4 is 11.9 Å². The molecule has 2 saturated carbocycles. The first-order valence-electron chi connectivity index (χ1n) is 13.6. The molecule has 0 saturated heterocycles. The van der Waals surface area contributed by atoms with Gasteiger partial charge in [0.25, 0.3) is 0 Å². The second-order valence-corrected chi connectivity index (χ2v) is 10.5. The van der Waals surface area contributed by atoms with Crippen molar-refractivity contribution in [2.24, 2.45) is 11.8 Å². The Bertz CT molecular complexity index is 902. The molecular weight excluding hydrogens is 468 g/mol. The van der Waals surface area contributed by atoms with Gasteiger partial charge in [0.15, 0.2) is 13.2 Å². The molecular formula is C31H40O6. The fourth-order valence-electron chi connectivity index (χ4n) is 6.01. The molecule has 2 fully saturated rings. The standard InChI is InChI=1S/C31H40O6/c1-34-30(32)20-36-28-15-11-26(12-16-28)24-7-3-22(4-8-24)19-23-5-9-25(10-6-23)27-13-17-29(18-14-27)37-21-31(33)35-2/h11-18,22-25H,3-10,19-21H2,1-2H3. The van der Waals surface area contributed by atoms with Crippen LogP contribution in [0.3, 0.4) is 0 Å². The number of carbonyl (C=O) groups is 2. The summed E-state index contributed by atoms with van der Waals surface area (Å²) in [5, 5.41) is 0. The highest BCUT2D eigenvalue weighted by Gasteiger charge is 2.28. The molecule has 0 spiro atoms. The quantitative estimate of drug-likeness (QED) is 0.345. The lowest BCUT2D eigenvalue weighted by atomic mass is 9.71. The second kappa shape index (κ2) is 13.5. The zero-order chi connectivity index (χ0) is 26.0. The van der Waals surface area contributed by atoms with Gasteiger partial charge in [0, 0.05) is 0 Å². The Kier molecular flexibility index (Phi) is 9.86. The van der Waals surface area contributed by atoms with E-state index in [0.29, 0.717) is 23.3 Å². The van der Waals surface area contributed by atoms with Crippen LogP contribution in [0.2, 0.25) is 0 Å². The number of methoxy groups -OCH3 is 2. The molecule has 200 valence electrons. The number of esters is 2. The molecule has 0 atom stereocenters. The molecule has 0 heterocycles. The van der Waals surface area contributed by atoms with Gasteiger partial charge in [-0.1, -0.05) is 24.3 Å². The third kappa shape index (κ3) is 7.98. The second-order valence-electron chi connectivity index (χ2n) is 10.5. The lowest BCUT2D eigenvalue weighted by molar-refractivity contribution is -0.143. The Hall–Kier alpha value is -3.02. The van der Waals surface area contributed by atoms with Crippen molar-refractivity contribution in [3.05, 3.63) is 59.7 Å². The number of benzene rings is 2. The number of hydrogen-bond acceptors (Lipinski definition) is 6. The van der Waals surface area contributed by atoms with E-state index < -0.39 is 0 Å². The Balaban J connectivity index is 1.16. The fourth-order valence-corrected chi connectivity index (χ4v) is 6.01. The molecule has 0 unspecified atom stereocenters. The summed E-state index contributed by atoms with van der Waals surface area (Å²) in [6, 6.07) is 16.5. The van der Waals surface area contributed by atoms with E-state index >= 15 is 0 Å². The van der Waals surface area contributed by atoms with Crippen LogP contribution in [0.5, 0.6) is 11.5 Å². The van der Waals surface area contributed by atoms with Gasteiger partial charge in [-0.2, -0.15) is 0 Å². The Morgan fingerprint density at radius 1 is 0.595 bits per heavy atom. The van der Waals surface area contributed by atoms with Crippen LogP contribution >= 0.6 is 0 Å². The molecule has 6 nitrogen and oxygen atoms in total. The summed E-state index contributed by atoms with van der Waals surface area (Å²) in [5.74, 6) is 3.64. The van der Waals surface area contributed by atoms with Gasteiger partial charge < -0.3 is 18.9 Å². The van der Waals surface area contributed by atoms with E-state index in [1.807, 2.05) is 24.3 Å². The average molecular weight is 509 g/mol. The monoisotopic (exact) mass is 508 g/mol. The first-order chi connectivity index (χ1) is 18.0. The first kappa shape index (κ1) is 27.0. The fraction of sp³-hybridized carbons (Fsp3) is 0.548. The summed E-state index contributed by atoms with van der Waals surface area (Å²) >= 11 is 0. The lowest BCUT2D eigenvalue weighted by Crippen LogP contribution is -2.20. The van der Waals surface area contributed by atoms with Crippen molar-refractivity contribution in [2.45, 2.75) is 69.6 Å². The van der Waals surface area contributed by atoms with Gasteiger partial charge in [-0.25, -0.2) is 9.59 Å². The molecule has 2 aliphatic carbocycles. The molecule has 0 radical (unpaired) electrons. The summed E-state index contributed by atoms with van der Waals surface area (Å²) in [7, 11) is 2.73. The van der Waals surface area contributed by atoms with E-state index in [2.05, 4.69) is 33.7 Å². The summed E-state index contributed by atoms with van der Waals surface area (Å²) in [6.45, 7) is -0.106. The molecule has 0 aromatic heterocycles. The van der Waals surface area contributed by atoms with Gasteiger partial charge in [0.1, 0.15) is 11.5 Å². The van der Waals surface area contributed by atoms with E-state index in [4.69, 9.17) is 9.47 Å². The van der Waals surface area contributed by atoms with Crippen LogP contribution in [0.4, 0.5) is 0 Å². The van der Waals surface area contributed by atoms with Gasteiger partial charge >= 0.3 is 11.9 Å². The third-order valence-electron chi connectivity index (χ3n) is 8.23. The minimum atomic E-state index is -0.367. The maximum Gasteiger partial charge on any atom is 0.343 e. The van der Waals surface area contributed by atoms with Crippen LogP contribution in [0.25, 0.3) is 0 Å². The Labute approximate surface area is 220 Å². The van der Waals surface area contributed by atoms with Crippen molar-refractivity contribution in [3.8, 4) is 11.5 Å². The van der Waals surface area contributed by atoms with Gasteiger partial charge in [-0.15, -0.1) is 0 Å². The molecule has 0 bridgehead atoms. The predicted octanol–water partition coefficient (Wildman–Crippen LogP) is 6.43. The van der Waals surface area contributed by atoms with Crippen molar-refractivity contribution in [3.63, 3.8) is 0 Å². The van der Waals surface area contributed by atoms with Crippen molar-refractivity contribution < 1.29 is 28.5 Å². The van der Waals surface area contributed by atoms with E-state index in [9.17, 15) is 9.59 Å². The van der Waals surface area contributed by atoms with Crippen molar-refractivity contribution in [1.82, 2.24) is 0 Å². The molecule has 2 aromatic carbocycles. The lowest BCUT2D eigenvalue weighted by Gasteiger charge is -2.34. The number of ether oxygens (including phenoxy) is 4. The van der Waals surface area contributed by atoms with Crippen LogP contribution in [-0.4, -0.2) is 39.4 Å². The minimum absolute atomic E-state index is 0.0530. The smallest absolute Gasteiger partial charge is 0.343 e. The predicted molar refractivity (Wildman–Crippen MR) is 142 cm³/mol. The van der Waals surface area contributed by atoms with Crippen molar-refractivity contribution in [2.75, 3.05) is 27.4 Å². The summed E-state index contributed by atoms with van der Waals surface area (Å²) in [5.41, 5.74) is 2.76. The third-order valence-corrected chi connectivity index (χ3v) is 8.23. The number of carbonyl (C=O) groups excluding carboxylic acids is 2. The number of rotatable bonds is 10. The zero-order valence-corrected chi connectivity index (χ0v) is 22.2.